The summed E-state index contributed by atoms with van der Waals surface area (Å²) in [7, 11) is 0. The van der Waals surface area contributed by atoms with Crippen LogP contribution in [0.15, 0.2) is 0 Å². The molecule has 0 bridgehead atoms. The first-order chi connectivity index (χ1) is 8.06. The van der Waals surface area contributed by atoms with E-state index in [1.807, 2.05) is 0 Å². The van der Waals surface area contributed by atoms with E-state index < -0.39 is 23.8 Å². The molecule has 2 unspecified atom stereocenters. The molecule has 1 fully saturated rings. The van der Waals surface area contributed by atoms with Crippen molar-refractivity contribution in [3.8, 4) is 0 Å². The highest BCUT2D eigenvalue weighted by Gasteiger charge is 2.37. The molecule has 0 radical (unpaired) electrons. The van der Waals surface area contributed by atoms with E-state index in [0.29, 0.717) is 12.8 Å². The number of carboxylic acid groups (broad SMARTS) is 1. The van der Waals surface area contributed by atoms with Crippen LogP contribution in [-0.4, -0.2) is 36.1 Å². The summed E-state index contributed by atoms with van der Waals surface area (Å²) in [5.74, 6) is -2.98. The third-order valence-corrected chi connectivity index (χ3v) is 2.88. The lowest BCUT2D eigenvalue weighted by Gasteiger charge is -2.14. The van der Waals surface area contributed by atoms with Crippen molar-refractivity contribution in [2.45, 2.75) is 26.2 Å². The number of hydrogen-bond acceptors (Lipinski definition) is 4. The van der Waals surface area contributed by atoms with Gasteiger partial charge in [0.25, 0.3) is 0 Å². The van der Waals surface area contributed by atoms with Crippen LogP contribution in [0.5, 0.6) is 0 Å². The summed E-state index contributed by atoms with van der Waals surface area (Å²) in [6, 6.07) is 0. The Morgan fingerprint density at radius 2 is 1.94 bits per heavy atom. The molecule has 0 saturated heterocycles. The Hall–Kier alpha value is -1.59. The van der Waals surface area contributed by atoms with Gasteiger partial charge in [-0.2, -0.15) is 0 Å². The molecule has 17 heavy (non-hydrogen) atoms. The van der Waals surface area contributed by atoms with Gasteiger partial charge in [-0.3, -0.25) is 14.4 Å². The largest absolute Gasteiger partial charge is 0.481 e. The third-order valence-electron chi connectivity index (χ3n) is 2.88. The number of hydrogen-bond donors (Lipinski definition) is 2. The number of aliphatic carboxylic acids is 1. The fourth-order valence-corrected chi connectivity index (χ4v) is 2.07. The van der Waals surface area contributed by atoms with E-state index >= 15 is 0 Å². The number of carboxylic acids is 1. The van der Waals surface area contributed by atoms with Gasteiger partial charge in [-0.15, -0.1) is 0 Å². The van der Waals surface area contributed by atoms with Gasteiger partial charge in [-0.25, -0.2) is 0 Å². The van der Waals surface area contributed by atoms with Crippen molar-refractivity contribution < 1.29 is 24.2 Å². The number of carbonyl (C=O) groups is 3. The summed E-state index contributed by atoms with van der Waals surface area (Å²) >= 11 is 0. The molecule has 2 atom stereocenters. The van der Waals surface area contributed by atoms with Crippen molar-refractivity contribution in [2.24, 2.45) is 11.8 Å². The van der Waals surface area contributed by atoms with Crippen LogP contribution < -0.4 is 5.32 Å². The number of rotatable bonds is 5. The minimum atomic E-state index is -0.946. The summed E-state index contributed by atoms with van der Waals surface area (Å²) in [6.45, 7) is 1.74. The van der Waals surface area contributed by atoms with Gasteiger partial charge in [-0.1, -0.05) is 6.42 Å². The van der Waals surface area contributed by atoms with Crippen LogP contribution in [-0.2, 0) is 19.1 Å². The summed E-state index contributed by atoms with van der Waals surface area (Å²) in [5, 5.41) is 11.3. The predicted octanol–water partition coefficient (Wildman–Crippen LogP) is 0.167. The van der Waals surface area contributed by atoms with Crippen molar-refractivity contribution in [1.29, 1.82) is 0 Å². The van der Waals surface area contributed by atoms with E-state index in [9.17, 15) is 14.4 Å². The maximum atomic E-state index is 11.7. The Balaban J connectivity index is 2.42. The topological polar surface area (TPSA) is 92.7 Å². The van der Waals surface area contributed by atoms with Crippen molar-refractivity contribution in [2.75, 3.05) is 13.2 Å². The monoisotopic (exact) mass is 243 g/mol. The van der Waals surface area contributed by atoms with E-state index in [1.54, 1.807) is 6.92 Å². The molecule has 1 saturated carbocycles. The zero-order chi connectivity index (χ0) is 12.8. The van der Waals surface area contributed by atoms with Crippen molar-refractivity contribution in [3.63, 3.8) is 0 Å². The van der Waals surface area contributed by atoms with E-state index in [-0.39, 0.29) is 19.1 Å². The number of nitrogens with one attached hydrogen (secondary N) is 1. The molecule has 6 heteroatoms. The molecule has 6 nitrogen and oxygen atoms in total. The van der Waals surface area contributed by atoms with Gasteiger partial charge in [0.1, 0.15) is 6.54 Å². The molecule has 1 aliphatic carbocycles. The molecule has 0 aromatic rings. The standard InChI is InChI=1S/C11H17NO5/c1-2-17-9(13)6-12-10(14)7-4-3-5-8(7)11(15)16/h7-8H,2-6H2,1H3,(H,12,14)(H,15,16). The van der Waals surface area contributed by atoms with E-state index in [2.05, 4.69) is 10.1 Å². The second kappa shape index (κ2) is 6.22. The van der Waals surface area contributed by atoms with Gasteiger partial charge in [-0.05, 0) is 19.8 Å². The maximum Gasteiger partial charge on any atom is 0.325 e. The lowest BCUT2D eigenvalue weighted by molar-refractivity contribution is -0.147. The fourth-order valence-electron chi connectivity index (χ4n) is 2.07. The van der Waals surface area contributed by atoms with Crippen LogP contribution >= 0.6 is 0 Å². The molecule has 1 amide bonds. The number of esters is 1. The quantitative estimate of drug-likeness (QED) is 0.671. The first-order valence-corrected chi connectivity index (χ1v) is 5.72. The van der Waals surface area contributed by atoms with Crippen LogP contribution in [0.3, 0.4) is 0 Å². The summed E-state index contributed by atoms with van der Waals surface area (Å²) in [4.78, 5) is 33.6. The molecule has 1 rings (SSSR count). The van der Waals surface area contributed by atoms with E-state index in [4.69, 9.17) is 5.11 Å². The zero-order valence-electron chi connectivity index (χ0n) is 9.77. The van der Waals surface area contributed by atoms with Crippen LogP contribution in [0.2, 0.25) is 0 Å². The molecular weight excluding hydrogens is 226 g/mol. The van der Waals surface area contributed by atoms with Crippen LogP contribution in [0.25, 0.3) is 0 Å². The lowest BCUT2D eigenvalue weighted by atomic mass is 9.95. The van der Waals surface area contributed by atoms with E-state index in [0.717, 1.165) is 6.42 Å². The smallest absolute Gasteiger partial charge is 0.325 e. The van der Waals surface area contributed by atoms with Crippen LogP contribution in [0.4, 0.5) is 0 Å². The first-order valence-electron chi connectivity index (χ1n) is 5.72. The second-order valence-electron chi connectivity index (χ2n) is 4.00. The summed E-state index contributed by atoms with van der Waals surface area (Å²) < 4.78 is 4.66. The highest BCUT2D eigenvalue weighted by molar-refractivity contribution is 5.87. The van der Waals surface area contributed by atoms with Crippen LogP contribution in [0, 0.1) is 11.8 Å². The van der Waals surface area contributed by atoms with Crippen molar-refractivity contribution >= 4 is 17.8 Å². The minimum absolute atomic E-state index is 0.199. The van der Waals surface area contributed by atoms with Gasteiger partial charge in [0, 0.05) is 0 Å². The van der Waals surface area contributed by atoms with Crippen LogP contribution in [0.1, 0.15) is 26.2 Å². The van der Waals surface area contributed by atoms with Gasteiger partial charge in [0.05, 0.1) is 18.4 Å². The molecule has 0 aromatic heterocycles. The molecule has 0 aromatic carbocycles. The highest BCUT2D eigenvalue weighted by atomic mass is 16.5. The molecule has 0 spiro atoms. The SMILES string of the molecule is CCOC(=O)CNC(=O)C1CCCC1C(=O)O. The lowest BCUT2D eigenvalue weighted by Crippen LogP contribution is -2.38. The Kier molecular flexibility index (Phi) is 4.93. The number of carbonyl (C=O) groups excluding carboxylic acids is 2. The average molecular weight is 243 g/mol. The molecule has 96 valence electrons. The molecule has 0 aliphatic heterocycles. The van der Waals surface area contributed by atoms with Gasteiger partial charge in [0.2, 0.25) is 5.91 Å². The summed E-state index contributed by atoms with van der Waals surface area (Å²) in [6.07, 6.45) is 1.81. The highest BCUT2D eigenvalue weighted by Crippen LogP contribution is 2.31. The predicted molar refractivity (Wildman–Crippen MR) is 58.1 cm³/mol. The number of amides is 1. The zero-order valence-corrected chi connectivity index (χ0v) is 9.77. The van der Waals surface area contributed by atoms with Crippen molar-refractivity contribution in [1.82, 2.24) is 5.32 Å². The summed E-state index contributed by atoms with van der Waals surface area (Å²) in [5.41, 5.74) is 0. The third kappa shape index (κ3) is 3.72. The molecule has 0 heterocycles. The van der Waals surface area contributed by atoms with Gasteiger partial charge < -0.3 is 15.2 Å². The van der Waals surface area contributed by atoms with Gasteiger partial charge >= 0.3 is 11.9 Å². The Morgan fingerprint density at radius 1 is 1.29 bits per heavy atom. The Bertz CT molecular complexity index is 315. The first kappa shape index (κ1) is 13.5. The molecule has 2 N–H and O–H groups in total. The Morgan fingerprint density at radius 3 is 2.53 bits per heavy atom. The fraction of sp³-hybridized carbons (Fsp3) is 0.727. The van der Waals surface area contributed by atoms with Gasteiger partial charge in [0.15, 0.2) is 0 Å². The average Bonchev–Trinajstić information content (AvgIpc) is 2.75. The maximum absolute atomic E-state index is 11.7. The molecular formula is C11H17NO5. The number of ether oxygens (including phenoxy) is 1. The molecule has 1 aliphatic rings. The second-order valence-corrected chi connectivity index (χ2v) is 4.00. The Labute approximate surface area is 99.3 Å². The normalized spacial score (nSPS) is 23.1. The van der Waals surface area contributed by atoms with Crippen molar-refractivity contribution in [3.05, 3.63) is 0 Å². The minimum Gasteiger partial charge on any atom is -0.481 e. The van der Waals surface area contributed by atoms with E-state index in [1.165, 1.54) is 0 Å².